The number of fused-ring (bicyclic) bond motifs is 6. The number of furan rings is 1. The average Bonchev–Trinajstić information content (AvgIpc) is 3.79. The topological polar surface area (TPSA) is 16.4 Å². The molecule has 0 spiro atoms. The first-order chi connectivity index (χ1) is 29.0. The van der Waals surface area contributed by atoms with E-state index in [4.69, 9.17) is 4.42 Å². The van der Waals surface area contributed by atoms with Crippen LogP contribution in [0, 0.1) is 0 Å². The van der Waals surface area contributed by atoms with E-state index in [9.17, 15) is 0 Å². The lowest BCUT2D eigenvalue weighted by Gasteiger charge is -2.30. The van der Waals surface area contributed by atoms with Gasteiger partial charge in [0.25, 0.3) is 0 Å². The number of benzene rings is 9. The Bertz CT molecular complexity index is 3170. The summed E-state index contributed by atoms with van der Waals surface area (Å²) >= 11 is 0. The number of hydrogen-bond acceptors (Lipinski definition) is 2. The van der Waals surface area contributed by atoms with Crippen LogP contribution in [-0.2, 0) is 5.41 Å². The molecule has 280 valence electrons. The third kappa shape index (κ3) is 5.87. The van der Waals surface area contributed by atoms with Crippen LogP contribution in [0.15, 0.2) is 217 Å². The first-order valence-corrected chi connectivity index (χ1v) is 20.4. The summed E-state index contributed by atoms with van der Waals surface area (Å²) in [6.45, 7) is 4.75. The van der Waals surface area contributed by atoms with E-state index in [1.165, 1.54) is 55.6 Å². The number of rotatable bonds is 7. The third-order valence-corrected chi connectivity index (χ3v) is 12.3. The minimum Gasteiger partial charge on any atom is -0.455 e. The molecule has 1 heterocycles. The van der Waals surface area contributed by atoms with Crippen LogP contribution in [-0.4, -0.2) is 0 Å². The largest absolute Gasteiger partial charge is 0.455 e. The van der Waals surface area contributed by atoms with Crippen LogP contribution in [0.1, 0.15) is 25.0 Å². The molecule has 9 aromatic carbocycles. The van der Waals surface area contributed by atoms with Crippen molar-refractivity contribution in [3.63, 3.8) is 0 Å². The Morgan fingerprint density at radius 3 is 1.69 bits per heavy atom. The molecular formula is C57H41NO. The fraction of sp³-hybridized carbons (Fsp3) is 0.0526. The standard InChI is InChI=1S/C57H41NO/c1-57(2)52-36-42(40-29-27-39(28-30-40)38-15-5-3-6-16-38)31-33-48(52)49-34-32-45(37-53(49)57)58(54-25-11-9-21-46(54)41-17-7-4-8-18-41)44-20-13-19-43(35-44)47-23-14-24-51-50-22-10-12-26-55(50)59-56(47)51/h3-37H,1-2H3. The molecule has 0 saturated carbocycles. The Hall–Kier alpha value is -7.42. The van der Waals surface area contributed by atoms with Crippen LogP contribution in [0.4, 0.5) is 17.1 Å². The molecular weight excluding hydrogens is 715 g/mol. The molecule has 59 heavy (non-hydrogen) atoms. The summed E-state index contributed by atoms with van der Waals surface area (Å²) in [5.74, 6) is 0. The van der Waals surface area contributed by atoms with Crippen molar-refractivity contribution in [3.8, 4) is 55.6 Å². The van der Waals surface area contributed by atoms with Crippen molar-refractivity contribution < 1.29 is 4.42 Å². The smallest absolute Gasteiger partial charge is 0.143 e. The molecule has 2 heteroatoms. The molecule has 0 radical (unpaired) electrons. The van der Waals surface area contributed by atoms with Gasteiger partial charge in [0.2, 0.25) is 0 Å². The lowest BCUT2D eigenvalue weighted by atomic mass is 9.81. The lowest BCUT2D eigenvalue weighted by Crippen LogP contribution is -2.17. The number of anilines is 3. The molecule has 1 aliphatic rings. The van der Waals surface area contributed by atoms with Crippen molar-refractivity contribution in [2.45, 2.75) is 19.3 Å². The maximum absolute atomic E-state index is 6.54. The van der Waals surface area contributed by atoms with Gasteiger partial charge in [0.05, 0.1) is 5.69 Å². The van der Waals surface area contributed by atoms with E-state index >= 15 is 0 Å². The predicted octanol–water partition coefficient (Wildman–Crippen LogP) is 16.0. The first kappa shape index (κ1) is 34.8. The van der Waals surface area contributed by atoms with Gasteiger partial charge in [-0.25, -0.2) is 0 Å². The monoisotopic (exact) mass is 755 g/mol. The Labute approximate surface area is 345 Å². The van der Waals surface area contributed by atoms with Crippen molar-refractivity contribution in [1.82, 2.24) is 0 Å². The fourth-order valence-electron chi connectivity index (χ4n) is 9.27. The number of para-hydroxylation sites is 3. The molecule has 0 unspecified atom stereocenters. The van der Waals surface area contributed by atoms with Gasteiger partial charge in [0.1, 0.15) is 11.2 Å². The van der Waals surface area contributed by atoms with E-state index < -0.39 is 0 Å². The molecule has 0 N–H and O–H groups in total. The molecule has 0 amide bonds. The normalized spacial score (nSPS) is 12.7. The van der Waals surface area contributed by atoms with Gasteiger partial charge < -0.3 is 9.32 Å². The van der Waals surface area contributed by atoms with Crippen molar-refractivity contribution in [2.24, 2.45) is 0 Å². The van der Waals surface area contributed by atoms with Gasteiger partial charge in [-0.2, -0.15) is 0 Å². The Kier molecular flexibility index (Phi) is 8.20. The van der Waals surface area contributed by atoms with Gasteiger partial charge >= 0.3 is 0 Å². The molecule has 0 aliphatic heterocycles. The van der Waals surface area contributed by atoms with E-state index in [2.05, 4.69) is 225 Å². The molecule has 2 nitrogen and oxygen atoms in total. The van der Waals surface area contributed by atoms with Gasteiger partial charge in [0.15, 0.2) is 0 Å². The minimum atomic E-state index is -0.218. The zero-order chi connectivity index (χ0) is 39.5. The summed E-state index contributed by atoms with van der Waals surface area (Å²) in [5, 5.41) is 2.26. The second-order valence-electron chi connectivity index (χ2n) is 16.1. The zero-order valence-electron chi connectivity index (χ0n) is 33.1. The lowest BCUT2D eigenvalue weighted by molar-refractivity contribution is 0.660. The van der Waals surface area contributed by atoms with Gasteiger partial charge in [-0.3, -0.25) is 0 Å². The van der Waals surface area contributed by atoms with Crippen LogP contribution >= 0.6 is 0 Å². The van der Waals surface area contributed by atoms with Crippen LogP contribution in [0.5, 0.6) is 0 Å². The number of nitrogens with zero attached hydrogens (tertiary/aromatic N) is 1. The molecule has 0 saturated heterocycles. The van der Waals surface area contributed by atoms with Gasteiger partial charge in [-0.1, -0.05) is 184 Å². The molecule has 0 fully saturated rings. The van der Waals surface area contributed by atoms with E-state index in [1.54, 1.807) is 0 Å². The molecule has 0 bridgehead atoms. The van der Waals surface area contributed by atoms with E-state index in [1.807, 2.05) is 6.07 Å². The van der Waals surface area contributed by atoms with Crippen LogP contribution in [0.2, 0.25) is 0 Å². The molecule has 1 aromatic heterocycles. The van der Waals surface area contributed by atoms with E-state index in [0.29, 0.717) is 0 Å². The summed E-state index contributed by atoms with van der Waals surface area (Å²) in [5.41, 5.74) is 19.6. The van der Waals surface area contributed by atoms with Crippen molar-refractivity contribution in [3.05, 3.63) is 223 Å². The van der Waals surface area contributed by atoms with Crippen LogP contribution in [0.25, 0.3) is 77.6 Å². The van der Waals surface area contributed by atoms with Gasteiger partial charge in [-0.15, -0.1) is 0 Å². The zero-order valence-corrected chi connectivity index (χ0v) is 33.1. The summed E-state index contributed by atoms with van der Waals surface area (Å²) < 4.78 is 6.54. The molecule has 10 aromatic rings. The molecule has 0 atom stereocenters. The van der Waals surface area contributed by atoms with E-state index in [0.717, 1.165) is 50.1 Å². The summed E-state index contributed by atoms with van der Waals surface area (Å²) in [4.78, 5) is 2.43. The molecule has 1 aliphatic carbocycles. The van der Waals surface area contributed by atoms with Crippen molar-refractivity contribution >= 4 is 39.0 Å². The maximum Gasteiger partial charge on any atom is 0.143 e. The second kappa shape index (κ2) is 13.9. The highest BCUT2D eigenvalue weighted by Crippen LogP contribution is 2.52. The third-order valence-electron chi connectivity index (χ3n) is 12.3. The SMILES string of the molecule is CC1(C)c2cc(-c3ccc(-c4ccccc4)cc3)ccc2-c2ccc(N(c3cccc(-c4cccc5c4oc4ccccc45)c3)c3ccccc3-c3ccccc3)cc21. The van der Waals surface area contributed by atoms with Crippen LogP contribution in [0.3, 0.4) is 0 Å². The minimum absolute atomic E-state index is 0.218. The number of hydrogen-bond donors (Lipinski definition) is 0. The highest BCUT2D eigenvalue weighted by atomic mass is 16.3. The summed E-state index contributed by atoms with van der Waals surface area (Å²) in [6, 6.07) is 76.8. The van der Waals surface area contributed by atoms with Crippen molar-refractivity contribution in [1.29, 1.82) is 0 Å². The van der Waals surface area contributed by atoms with Crippen molar-refractivity contribution in [2.75, 3.05) is 4.90 Å². The Morgan fingerprint density at radius 1 is 0.356 bits per heavy atom. The Morgan fingerprint density at radius 2 is 0.898 bits per heavy atom. The predicted molar refractivity (Wildman–Crippen MR) is 248 cm³/mol. The quantitative estimate of drug-likeness (QED) is 0.161. The second-order valence-corrected chi connectivity index (χ2v) is 16.1. The van der Waals surface area contributed by atoms with Gasteiger partial charge in [-0.05, 0) is 98.1 Å². The maximum atomic E-state index is 6.54. The highest BCUT2D eigenvalue weighted by molar-refractivity contribution is 6.09. The Balaban J connectivity index is 1.03. The first-order valence-electron chi connectivity index (χ1n) is 20.4. The van der Waals surface area contributed by atoms with Gasteiger partial charge in [0, 0.05) is 38.7 Å². The van der Waals surface area contributed by atoms with Crippen LogP contribution < -0.4 is 4.90 Å². The molecule has 11 rings (SSSR count). The highest BCUT2D eigenvalue weighted by Gasteiger charge is 2.36. The van der Waals surface area contributed by atoms with E-state index in [-0.39, 0.29) is 5.41 Å². The summed E-state index contributed by atoms with van der Waals surface area (Å²) in [6.07, 6.45) is 0. The fourth-order valence-corrected chi connectivity index (χ4v) is 9.27. The summed E-state index contributed by atoms with van der Waals surface area (Å²) in [7, 11) is 0. The average molecular weight is 756 g/mol.